The molecule has 0 spiro atoms. The molecular weight excluding hydrogens is 338 g/mol. The van der Waals surface area contributed by atoms with Crippen LogP contribution in [0, 0.1) is 6.92 Å². The molecule has 0 saturated heterocycles. The third-order valence-corrected chi connectivity index (χ3v) is 4.07. The van der Waals surface area contributed by atoms with Crippen molar-refractivity contribution in [2.75, 3.05) is 18.5 Å². The lowest BCUT2D eigenvalue weighted by Gasteiger charge is -2.10. The Bertz CT molecular complexity index is 899. The van der Waals surface area contributed by atoms with Crippen LogP contribution in [-0.2, 0) is 0 Å². The number of aryl methyl sites for hydroxylation is 1. The molecule has 0 atom stereocenters. The fraction of sp³-hybridized carbons (Fsp3) is 0.158. The standard InChI is InChI=1S/C19H18ClN3O2/c1-13-4-5-15(12-17(13)20)23-19(24)22-9-10-25-16-6-7-18-14(11-16)3-2-8-21-18/h2-8,11-12H,9-10H2,1H3,(H2,22,23,24). The van der Waals surface area contributed by atoms with Crippen LogP contribution >= 0.6 is 11.6 Å². The number of carbonyl (C=O) groups is 1. The van der Waals surface area contributed by atoms with Crippen molar-refractivity contribution < 1.29 is 9.53 Å². The molecule has 0 radical (unpaired) electrons. The first kappa shape index (κ1) is 17.0. The molecule has 3 aromatic rings. The van der Waals surface area contributed by atoms with Gasteiger partial charge in [-0.3, -0.25) is 4.98 Å². The number of anilines is 1. The Hall–Kier alpha value is -2.79. The Labute approximate surface area is 151 Å². The van der Waals surface area contributed by atoms with E-state index in [0.717, 1.165) is 22.2 Å². The Balaban J connectivity index is 1.45. The molecule has 0 aliphatic heterocycles. The molecule has 3 rings (SSSR count). The van der Waals surface area contributed by atoms with Crippen molar-refractivity contribution in [3.05, 3.63) is 65.3 Å². The summed E-state index contributed by atoms with van der Waals surface area (Å²) in [5.74, 6) is 0.744. The van der Waals surface area contributed by atoms with E-state index in [2.05, 4.69) is 15.6 Å². The van der Waals surface area contributed by atoms with E-state index in [-0.39, 0.29) is 6.03 Å². The predicted molar refractivity (Wildman–Crippen MR) is 100 cm³/mol. The fourth-order valence-electron chi connectivity index (χ4n) is 2.32. The van der Waals surface area contributed by atoms with Crippen molar-refractivity contribution in [2.24, 2.45) is 0 Å². The highest BCUT2D eigenvalue weighted by Gasteiger charge is 2.03. The first-order valence-electron chi connectivity index (χ1n) is 7.90. The molecule has 0 saturated carbocycles. The summed E-state index contributed by atoms with van der Waals surface area (Å²) in [5.41, 5.74) is 2.53. The van der Waals surface area contributed by atoms with Crippen LogP contribution in [0.3, 0.4) is 0 Å². The van der Waals surface area contributed by atoms with Gasteiger partial charge in [-0.25, -0.2) is 4.79 Å². The predicted octanol–water partition coefficient (Wildman–Crippen LogP) is 4.40. The molecular formula is C19H18ClN3O2. The first-order chi connectivity index (χ1) is 12.1. The summed E-state index contributed by atoms with van der Waals surface area (Å²) in [6.45, 7) is 2.66. The molecule has 2 N–H and O–H groups in total. The van der Waals surface area contributed by atoms with Gasteiger partial charge in [-0.1, -0.05) is 23.7 Å². The van der Waals surface area contributed by atoms with Crippen LogP contribution in [0.25, 0.3) is 10.9 Å². The third kappa shape index (κ3) is 4.61. The van der Waals surface area contributed by atoms with E-state index in [1.165, 1.54) is 0 Å². The Morgan fingerprint density at radius 3 is 2.92 bits per heavy atom. The van der Waals surface area contributed by atoms with E-state index in [1.54, 1.807) is 18.3 Å². The van der Waals surface area contributed by atoms with Gasteiger partial charge >= 0.3 is 6.03 Å². The second kappa shape index (κ2) is 7.85. The molecule has 0 aliphatic carbocycles. The average Bonchev–Trinajstić information content (AvgIpc) is 2.62. The molecule has 128 valence electrons. The first-order valence-corrected chi connectivity index (χ1v) is 8.28. The Morgan fingerprint density at radius 2 is 2.08 bits per heavy atom. The van der Waals surface area contributed by atoms with Gasteiger partial charge in [0.25, 0.3) is 0 Å². The maximum Gasteiger partial charge on any atom is 0.319 e. The van der Waals surface area contributed by atoms with Crippen LogP contribution in [-0.4, -0.2) is 24.2 Å². The molecule has 25 heavy (non-hydrogen) atoms. The number of halogens is 1. The number of fused-ring (bicyclic) bond motifs is 1. The number of benzene rings is 2. The molecule has 2 amide bonds. The SMILES string of the molecule is Cc1ccc(NC(=O)NCCOc2ccc3ncccc3c2)cc1Cl. The number of hydrogen-bond donors (Lipinski definition) is 2. The van der Waals surface area contributed by atoms with Crippen LogP contribution in [0.5, 0.6) is 5.75 Å². The van der Waals surface area contributed by atoms with E-state index in [1.807, 2.05) is 43.3 Å². The van der Waals surface area contributed by atoms with E-state index in [4.69, 9.17) is 16.3 Å². The van der Waals surface area contributed by atoms with Crippen molar-refractivity contribution >= 4 is 34.2 Å². The molecule has 6 heteroatoms. The van der Waals surface area contributed by atoms with E-state index in [9.17, 15) is 4.79 Å². The van der Waals surface area contributed by atoms with Gasteiger partial charge in [0.05, 0.1) is 12.1 Å². The molecule has 2 aromatic carbocycles. The van der Waals surface area contributed by atoms with Crippen molar-refractivity contribution in [3.8, 4) is 5.75 Å². The van der Waals surface area contributed by atoms with Crippen molar-refractivity contribution in [1.29, 1.82) is 0 Å². The number of aromatic nitrogens is 1. The summed E-state index contributed by atoms with van der Waals surface area (Å²) >= 11 is 6.04. The summed E-state index contributed by atoms with van der Waals surface area (Å²) < 4.78 is 5.66. The van der Waals surface area contributed by atoms with Crippen LogP contribution in [0.1, 0.15) is 5.56 Å². The second-order valence-electron chi connectivity index (χ2n) is 5.55. The molecule has 0 fully saturated rings. The number of hydrogen-bond acceptors (Lipinski definition) is 3. The largest absolute Gasteiger partial charge is 0.492 e. The van der Waals surface area contributed by atoms with Gasteiger partial charge in [-0.15, -0.1) is 0 Å². The van der Waals surface area contributed by atoms with Gasteiger partial charge in [-0.05, 0) is 48.9 Å². The van der Waals surface area contributed by atoms with Crippen LogP contribution in [0.2, 0.25) is 5.02 Å². The highest BCUT2D eigenvalue weighted by atomic mass is 35.5. The summed E-state index contributed by atoms with van der Waals surface area (Å²) in [7, 11) is 0. The highest BCUT2D eigenvalue weighted by Crippen LogP contribution is 2.20. The lowest BCUT2D eigenvalue weighted by atomic mass is 10.2. The third-order valence-electron chi connectivity index (χ3n) is 3.66. The van der Waals surface area contributed by atoms with Crippen molar-refractivity contribution in [2.45, 2.75) is 6.92 Å². The van der Waals surface area contributed by atoms with Gasteiger partial charge in [0.2, 0.25) is 0 Å². The number of amides is 2. The molecule has 5 nitrogen and oxygen atoms in total. The zero-order valence-corrected chi connectivity index (χ0v) is 14.5. The molecule has 1 aromatic heterocycles. The molecule has 1 heterocycles. The van der Waals surface area contributed by atoms with Gasteiger partial charge < -0.3 is 15.4 Å². The maximum absolute atomic E-state index is 11.9. The van der Waals surface area contributed by atoms with Gasteiger partial charge in [0, 0.05) is 22.3 Å². The number of nitrogens with one attached hydrogen (secondary N) is 2. The Morgan fingerprint density at radius 1 is 1.20 bits per heavy atom. The van der Waals surface area contributed by atoms with Crippen LogP contribution in [0.4, 0.5) is 10.5 Å². The van der Waals surface area contributed by atoms with Gasteiger partial charge in [-0.2, -0.15) is 0 Å². The second-order valence-corrected chi connectivity index (χ2v) is 5.96. The molecule has 0 bridgehead atoms. The van der Waals surface area contributed by atoms with Crippen LogP contribution < -0.4 is 15.4 Å². The molecule has 0 unspecified atom stereocenters. The van der Waals surface area contributed by atoms with Crippen molar-refractivity contribution in [3.63, 3.8) is 0 Å². The fourth-order valence-corrected chi connectivity index (χ4v) is 2.50. The number of rotatable bonds is 5. The number of nitrogens with zero attached hydrogens (tertiary/aromatic N) is 1. The maximum atomic E-state index is 11.9. The van der Waals surface area contributed by atoms with Crippen molar-refractivity contribution in [1.82, 2.24) is 10.3 Å². The van der Waals surface area contributed by atoms with Gasteiger partial charge in [0.15, 0.2) is 0 Å². The zero-order valence-electron chi connectivity index (χ0n) is 13.8. The van der Waals surface area contributed by atoms with E-state index >= 15 is 0 Å². The minimum Gasteiger partial charge on any atom is -0.492 e. The smallest absolute Gasteiger partial charge is 0.319 e. The minimum atomic E-state index is -0.300. The van der Waals surface area contributed by atoms with E-state index in [0.29, 0.717) is 23.9 Å². The quantitative estimate of drug-likeness (QED) is 0.667. The molecule has 0 aliphatic rings. The summed E-state index contributed by atoms with van der Waals surface area (Å²) in [6, 6.07) is 14.6. The van der Waals surface area contributed by atoms with E-state index < -0.39 is 0 Å². The highest BCUT2D eigenvalue weighted by molar-refractivity contribution is 6.31. The minimum absolute atomic E-state index is 0.300. The van der Waals surface area contributed by atoms with Crippen LogP contribution in [0.15, 0.2) is 54.7 Å². The number of urea groups is 1. The topological polar surface area (TPSA) is 63.2 Å². The summed E-state index contributed by atoms with van der Waals surface area (Å²) in [6.07, 6.45) is 1.76. The number of ether oxygens (including phenoxy) is 1. The number of pyridine rings is 1. The van der Waals surface area contributed by atoms with Gasteiger partial charge in [0.1, 0.15) is 12.4 Å². The lowest BCUT2D eigenvalue weighted by Crippen LogP contribution is -2.32. The normalized spacial score (nSPS) is 10.5. The zero-order chi connectivity index (χ0) is 17.6. The average molecular weight is 356 g/mol. The number of carbonyl (C=O) groups excluding carboxylic acids is 1. The summed E-state index contributed by atoms with van der Waals surface area (Å²) in [5, 5.41) is 7.11. The lowest BCUT2D eigenvalue weighted by molar-refractivity contribution is 0.247. The Kier molecular flexibility index (Phi) is 5.36. The monoisotopic (exact) mass is 355 g/mol. The summed E-state index contributed by atoms with van der Waals surface area (Å²) in [4.78, 5) is 16.1.